The standard InChI is InChI=1S/C15H23N/c1-4-13-9-15(13,10-16)14-7-5-12(6-8-14)11(2)3/h5-8,11,13H,4,9-10,16H2,1-3H3. The number of hydrogen-bond acceptors (Lipinski definition) is 1. The summed E-state index contributed by atoms with van der Waals surface area (Å²) in [6, 6.07) is 9.11. The average molecular weight is 217 g/mol. The number of benzene rings is 1. The first kappa shape index (κ1) is 11.7. The predicted octanol–water partition coefficient (Wildman–Crippen LogP) is 3.44. The predicted molar refractivity (Wildman–Crippen MR) is 69.7 cm³/mol. The van der Waals surface area contributed by atoms with Crippen molar-refractivity contribution in [1.82, 2.24) is 0 Å². The topological polar surface area (TPSA) is 26.0 Å². The van der Waals surface area contributed by atoms with Gasteiger partial charge in [0.15, 0.2) is 0 Å². The summed E-state index contributed by atoms with van der Waals surface area (Å²) in [5, 5.41) is 0. The van der Waals surface area contributed by atoms with Crippen molar-refractivity contribution < 1.29 is 0 Å². The summed E-state index contributed by atoms with van der Waals surface area (Å²) >= 11 is 0. The van der Waals surface area contributed by atoms with Crippen molar-refractivity contribution in [3.05, 3.63) is 35.4 Å². The highest BCUT2D eigenvalue weighted by molar-refractivity contribution is 5.36. The molecule has 1 saturated carbocycles. The number of hydrogen-bond donors (Lipinski definition) is 1. The normalized spacial score (nSPS) is 28.4. The monoisotopic (exact) mass is 217 g/mol. The molecule has 1 aromatic rings. The maximum atomic E-state index is 5.96. The minimum absolute atomic E-state index is 0.310. The number of nitrogens with two attached hydrogens (primary N) is 1. The molecular weight excluding hydrogens is 194 g/mol. The van der Waals surface area contributed by atoms with Crippen molar-refractivity contribution in [3.8, 4) is 0 Å². The molecule has 1 heteroatoms. The maximum Gasteiger partial charge on any atom is 0.0107 e. The van der Waals surface area contributed by atoms with Crippen molar-refractivity contribution in [2.45, 2.75) is 44.9 Å². The summed E-state index contributed by atoms with van der Waals surface area (Å²) < 4.78 is 0. The minimum Gasteiger partial charge on any atom is -0.330 e. The molecule has 16 heavy (non-hydrogen) atoms. The van der Waals surface area contributed by atoms with Crippen molar-refractivity contribution in [2.75, 3.05) is 6.54 Å². The molecule has 88 valence electrons. The zero-order valence-corrected chi connectivity index (χ0v) is 10.7. The lowest BCUT2D eigenvalue weighted by Crippen LogP contribution is -2.22. The quantitative estimate of drug-likeness (QED) is 0.821. The van der Waals surface area contributed by atoms with E-state index in [1.165, 1.54) is 24.0 Å². The van der Waals surface area contributed by atoms with Gasteiger partial charge in [0.1, 0.15) is 0 Å². The fraction of sp³-hybridized carbons (Fsp3) is 0.600. The molecule has 1 aliphatic carbocycles. The fourth-order valence-corrected chi connectivity index (χ4v) is 2.84. The highest BCUT2D eigenvalue weighted by atomic mass is 14.7. The van der Waals surface area contributed by atoms with Crippen LogP contribution in [0.25, 0.3) is 0 Å². The van der Waals surface area contributed by atoms with Crippen LogP contribution in [0.1, 0.15) is 50.7 Å². The summed E-state index contributed by atoms with van der Waals surface area (Å²) in [5.74, 6) is 1.42. The molecule has 1 nitrogen and oxygen atoms in total. The molecule has 1 aromatic carbocycles. The summed E-state index contributed by atoms with van der Waals surface area (Å²) in [6.45, 7) is 7.54. The lowest BCUT2D eigenvalue weighted by Gasteiger charge is -2.16. The van der Waals surface area contributed by atoms with Crippen molar-refractivity contribution in [1.29, 1.82) is 0 Å². The Hall–Kier alpha value is -0.820. The van der Waals surface area contributed by atoms with Crippen LogP contribution >= 0.6 is 0 Å². The lowest BCUT2D eigenvalue weighted by atomic mass is 9.90. The minimum atomic E-state index is 0.310. The van der Waals surface area contributed by atoms with Crippen molar-refractivity contribution in [3.63, 3.8) is 0 Å². The number of rotatable bonds is 4. The van der Waals surface area contributed by atoms with Gasteiger partial charge >= 0.3 is 0 Å². The molecule has 0 spiro atoms. The van der Waals surface area contributed by atoms with Gasteiger partial charge in [-0.15, -0.1) is 0 Å². The molecular formula is C15H23N. The third-order valence-electron chi connectivity index (χ3n) is 4.24. The highest BCUT2D eigenvalue weighted by Gasteiger charge is 2.52. The van der Waals surface area contributed by atoms with Crippen LogP contribution in [0.2, 0.25) is 0 Å². The Labute approximate surface area is 99.0 Å². The van der Waals surface area contributed by atoms with Gasteiger partial charge in [0.25, 0.3) is 0 Å². The van der Waals surface area contributed by atoms with Gasteiger partial charge in [-0.3, -0.25) is 0 Å². The van der Waals surface area contributed by atoms with Crippen LogP contribution in [-0.4, -0.2) is 6.54 Å². The first-order valence-corrected chi connectivity index (χ1v) is 6.44. The molecule has 1 aliphatic rings. The third kappa shape index (κ3) is 1.78. The second-order valence-electron chi connectivity index (χ2n) is 5.45. The van der Waals surface area contributed by atoms with E-state index in [0.29, 0.717) is 11.3 Å². The van der Waals surface area contributed by atoms with E-state index in [1.807, 2.05) is 0 Å². The van der Waals surface area contributed by atoms with Gasteiger partial charge in [-0.05, 0) is 29.4 Å². The molecule has 0 heterocycles. The van der Waals surface area contributed by atoms with Crippen LogP contribution in [0.3, 0.4) is 0 Å². The Morgan fingerprint density at radius 2 is 1.94 bits per heavy atom. The van der Waals surface area contributed by atoms with E-state index < -0.39 is 0 Å². The lowest BCUT2D eigenvalue weighted by molar-refractivity contribution is 0.599. The highest BCUT2D eigenvalue weighted by Crippen LogP contribution is 2.55. The van der Waals surface area contributed by atoms with Crippen LogP contribution in [0.5, 0.6) is 0 Å². The molecule has 0 aliphatic heterocycles. The van der Waals surface area contributed by atoms with Crippen LogP contribution in [0.4, 0.5) is 0 Å². The van der Waals surface area contributed by atoms with E-state index in [-0.39, 0.29) is 0 Å². The van der Waals surface area contributed by atoms with E-state index in [1.54, 1.807) is 0 Å². The molecule has 0 aromatic heterocycles. The summed E-state index contributed by atoms with van der Waals surface area (Å²) in [5.41, 5.74) is 9.15. The van der Waals surface area contributed by atoms with E-state index >= 15 is 0 Å². The molecule has 1 fully saturated rings. The summed E-state index contributed by atoms with van der Waals surface area (Å²) in [6.07, 6.45) is 2.53. The first-order valence-electron chi connectivity index (χ1n) is 6.44. The van der Waals surface area contributed by atoms with Gasteiger partial charge < -0.3 is 5.73 Å². The second-order valence-corrected chi connectivity index (χ2v) is 5.45. The largest absolute Gasteiger partial charge is 0.330 e. The molecule has 0 bridgehead atoms. The Kier molecular flexibility index (Phi) is 3.07. The SMILES string of the molecule is CCC1CC1(CN)c1ccc(C(C)C)cc1. The van der Waals surface area contributed by atoms with E-state index in [9.17, 15) is 0 Å². The molecule has 0 saturated heterocycles. The fourth-order valence-electron chi connectivity index (χ4n) is 2.84. The van der Waals surface area contributed by atoms with E-state index in [4.69, 9.17) is 5.73 Å². The smallest absolute Gasteiger partial charge is 0.0107 e. The molecule has 0 radical (unpaired) electrons. The van der Waals surface area contributed by atoms with Crippen LogP contribution in [0, 0.1) is 5.92 Å². The molecule has 2 rings (SSSR count). The third-order valence-corrected chi connectivity index (χ3v) is 4.24. The van der Waals surface area contributed by atoms with Gasteiger partial charge in [-0.2, -0.15) is 0 Å². The van der Waals surface area contributed by atoms with Crippen LogP contribution in [0.15, 0.2) is 24.3 Å². The van der Waals surface area contributed by atoms with Gasteiger partial charge in [0.05, 0.1) is 0 Å². The molecule has 2 atom stereocenters. The Bertz CT molecular complexity index is 352. The van der Waals surface area contributed by atoms with Gasteiger partial charge in [0.2, 0.25) is 0 Å². The van der Waals surface area contributed by atoms with Gasteiger partial charge in [-0.1, -0.05) is 51.5 Å². The summed E-state index contributed by atoms with van der Waals surface area (Å²) in [4.78, 5) is 0. The van der Waals surface area contributed by atoms with Crippen LogP contribution in [-0.2, 0) is 5.41 Å². The zero-order chi connectivity index (χ0) is 11.8. The van der Waals surface area contributed by atoms with Crippen molar-refractivity contribution in [2.24, 2.45) is 11.7 Å². The average Bonchev–Trinajstić information content (AvgIpc) is 3.04. The molecule has 2 N–H and O–H groups in total. The molecule has 2 unspecified atom stereocenters. The van der Waals surface area contributed by atoms with Crippen LogP contribution < -0.4 is 5.73 Å². The zero-order valence-electron chi connectivity index (χ0n) is 10.7. The second kappa shape index (κ2) is 4.21. The molecule has 0 amide bonds. The van der Waals surface area contributed by atoms with Gasteiger partial charge in [0, 0.05) is 12.0 Å². The van der Waals surface area contributed by atoms with Crippen molar-refractivity contribution >= 4 is 0 Å². The maximum absolute atomic E-state index is 5.96. The van der Waals surface area contributed by atoms with E-state index in [2.05, 4.69) is 45.0 Å². The first-order chi connectivity index (χ1) is 7.64. The Morgan fingerprint density at radius 1 is 1.31 bits per heavy atom. The van der Waals surface area contributed by atoms with Gasteiger partial charge in [-0.25, -0.2) is 0 Å². The Morgan fingerprint density at radius 3 is 2.31 bits per heavy atom. The Balaban J connectivity index is 2.22. The van der Waals surface area contributed by atoms with E-state index in [0.717, 1.165) is 12.5 Å². The summed E-state index contributed by atoms with van der Waals surface area (Å²) in [7, 11) is 0.